The molecule has 18 heavy (non-hydrogen) atoms. The van der Waals surface area contributed by atoms with E-state index in [4.69, 9.17) is 4.42 Å². The number of aryl methyl sites for hydroxylation is 1. The summed E-state index contributed by atoms with van der Waals surface area (Å²) in [6, 6.07) is 3.74. The molecule has 2 aromatic rings. The van der Waals surface area contributed by atoms with Gasteiger partial charge >= 0.3 is 0 Å². The lowest BCUT2D eigenvalue weighted by atomic mass is 10.1. The van der Waals surface area contributed by atoms with Crippen LogP contribution in [0.25, 0.3) is 11.6 Å². The smallest absolute Gasteiger partial charge is 0.255 e. The van der Waals surface area contributed by atoms with E-state index in [0.717, 1.165) is 28.3 Å². The van der Waals surface area contributed by atoms with Gasteiger partial charge in [0.15, 0.2) is 0 Å². The number of aromatic nitrogens is 2. The van der Waals surface area contributed by atoms with Gasteiger partial charge in [0.2, 0.25) is 0 Å². The summed E-state index contributed by atoms with van der Waals surface area (Å²) >= 11 is 1.72. The molecule has 0 radical (unpaired) electrons. The van der Waals surface area contributed by atoms with Crippen molar-refractivity contribution in [2.75, 3.05) is 5.75 Å². The summed E-state index contributed by atoms with van der Waals surface area (Å²) in [5.41, 5.74) is 2.58. The summed E-state index contributed by atoms with van der Waals surface area (Å²) in [6.45, 7) is 1.80. The lowest BCUT2D eigenvalue weighted by Gasteiger charge is -2.16. The molecule has 0 saturated carbocycles. The zero-order valence-electron chi connectivity index (χ0n) is 9.90. The van der Waals surface area contributed by atoms with Gasteiger partial charge in [-0.3, -0.25) is 4.79 Å². The molecule has 0 aromatic carbocycles. The lowest BCUT2D eigenvalue weighted by Crippen LogP contribution is -2.21. The number of nitrogens with one attached hydrogen (secondary N) is 1. The molecular formula is C13H12N2O2S. The predicted octanol–water partition coefficient (Wildman–Crippen LogP) is 2.46. The van der Waals surface area contributed by atoms with Crippen molar-refractivity contribution in [2.24, 2.45) is 0 Å². The summed E-state index contributed by atoms with van der Waals surface area (Å²) < 4.78 is 5.31. The minimum Gasteiger partial charge on any atom is -0.465 e. The topological polar surface area (TPSA) is 58.9 Å². The van der Waals surface area contributed by atoms with Gasteiger partial charge in [0, 0.05) is 11.5 Å². The van der Waals surface area contributed by atoms with Gasteiger partial charge < -0.3 is 9.40 Å². The maximum absolute atomic E-state index is 11.9. The van der Waals surface area contributed by atoms with E-state index in [1.54, 1.807) is 24.9 Å². The van der Waals surface area contributed by atoms with E-state index >= 15 is 0 Å². The summed E-state index contributed by atoms with van der Waals surface area (Å²) in [6.07, 6.45) is 3.59. The first-order valence-corrected chi connectivity index (χ1v) is 6.81. The van der Waals surface area contributed by atoms with Crippen LogP contribution in [0.15, 0.2) is 27.6 Å². The highest BCUT2D eigenvalue weighted by atomic mass is 32.2. The quantitative estimate of drug-likeness (QED) is 0.855. The molecule has 0 fully saturated rings. The number of nitrogens with zero attached hydrogens (tertiary/aromatic N) is 1. The van der Waals surface area contributed by atoms with Crippen LogP contribution < -0.4 is 5.56 Å². The Hall–Kier alpha value is -1.75. The average Bonchev–Trinajstić information content (AvgIpc) is 2.83. The van der Waals surface area contributed by atoms with E-state index in [-0.39, 0.29) is 5.56 Å². The second-order valence-corrected chi connectivity index (χ2v) is 5.14. The van der Waals surface area contributed by atoms with Crippen LogP contribution in [0.3, 0.4) is 0 Å². The van der Waals surface area contributed by atoms with Crippen molar-refractivity contribution in [2.45, 2.75) is 12.7 Å². The van der Waals surface area contributed by atoms with Crippen LogP contribution in [0, 0.1) is 6.92 Å². The molecule has 5 heteroatoms. The minimum atomic E-state index is -0.0324. The molecule has 0 bridgehead atoms. The first-order valence-electron chi connectivity index (χ1n) is 5.66. The minimum absolute atomic E-state index is 0.0324. The van der Waals surface area contributed by atoms with E-state index < -0.39 is 0 Å². The van der Waals surface area contributed by atoms with Crippen LogP contribution in [-0.4, -0.2) is 15.7 Å². The molecule has 92 valence electrons. The van der Waals surface area contributed by atoms with Crippen LogP contribution in [0.2, 0.25) is 0 Å². The lowest BCUT2D eigenvalue weighted by molar-refractivity contribution is 0.557. The Balaban J connectivity index is 2.15. The maximum atomic E-state index is 11.9. The fourth-order valence-electron chi connectivity index (χ4n) is 2.00. The molecule has 1 N–H and O–H groups in total. The molecule has 0 aliphatic carbocycles. The monoisotopic (exact) mass is 260 g/mol. The number of furan rings is 1. The number of hydrogen-bond donors (Lipinski definition) is 1. The molecular weight excluding hydrogens is 248 g/mol. The van der Waals surface area contributed by atoms with Gasteiger partial charge in [-0.25, -0.2) is 4.98 Å². The van der Waals surface area contributed by atoms with Crippen molar-refractivity contribution in [3.8, 4) is 0 Å². The number of hydrogen-bond acceptors (Lipinski definition) is 4. The van der Waals surface area contributed by atoms with Gasteiger partial charge in [0.1, 0.15) is 11.6 Å². The highest BCUT2D eigenvalue weighted by molar-refractivity contribution is 7.99. The van der Waals surface area contributed by atoms with Crippen molar-refractivity contribution < 1.29 is 4.42 Å². The third kappa shape index (κ3) is 2.01. The van der Waals surface area contributed by atoms with E-state index in [0.29, 0.717) is 11.6 Å². The molecule has 0 spiro atoms. The van der Waals surface area contributed by atoms with Crippen LogP contribution in [0.5, 0.6) is 0 Å². The first-order chi connectivity index (χ1) is 8.74. The summed E-state index contributed by atoms with van der Waals surface area (Å²) in [4.78, 5) is 19.1. The van der Waals surface area contributed by atoms with E-state index in [1.165, 1.54) is 0 Å². The Bertz CT molecular complexity index is 656. The van der Waals surface area contributed by atoms with Crippen molar-refractivity contribution in [1.29, 1.82) is 0 Å². The van der Waals surface area contributed by atoms with Gasteiger partial charge in [-0.15, -0.1) is 0 Å². The summed E-state index contributed by atoms with van der Waals surface area (Å²) in [5.74, 6) is 3.01. The number of H-pyrrole nitrogens is 1. The highest BCUT2D eigenvalue weighted by Gasteiger charge is 2.19. The summed E-state index contributed by atoms with van der Waals surface area (Å²) in [5, 5.41) is 0. The molecule has 1 aliphatic rings. The van der Waals surface area contributed by atoms with Gasteiger partial charge in [-0.05, 0) is 30.7 Å². The summed E-state index contributed by atoms with van der Waals surface area (Å²) in [7, 11) is 0. The van der Waals surface area contributed by atoms with E-state index in [1.807, 2.05) is 18.2 Å². The van der Waals surface area contributed by atoms with Crippen molar-refractivity contribution in [1.82, 2.24) is 9.97 Å². The second kappa shape index (κ2) is 4.49. The Morgan fingerprint density at radius 3 is 3.17 bits per heavy atom. The Labute approximate surface area is 108 Å². The van der Waals surface area contributed by atoms with Gasteiger partial charge in [-0.1, -0.05) is 0 Å². The molecule has 3 rings (SSSR count). The zero-order chi connectivity index (χ0) is 12.5. The molecule has 4 nitrogen and oxygen atoms in total. The van der Waals surface area contributed by atoms with E-state index in [2.05, 4.69) is 9.97 Å². The standard InChI is InChI=1S/C13H12N2O2S/c1-8-14-12-9(5-10-3-2-4-17-10)6-18-7-11(12)13(16)15-8/h2-5H,6-7H2,1H3,(H,14,15,16). The third-order valence-corrected chi connectivity index (χ3v) is 3.81. The molecule has 0 atom stereocenters. The van der Waals surface area contributed by atoms with Crippen LogP contribution >= 0.6 is 11.8 Å². The van der Waals surface area contributed by atoms with Crippen LogP contribution in [0.4, 0.5) is 0 Å². The highest BCUT2D eigenvalue weighted by Crippen LogP contribution is 2.30. The molecule has 0 saturated heterocycles. The van der Waals surface area contributed by atoms with E-state index in [9.17, 15) is 4.79 Å². The fourth-order valence-corrected chi connectivity index (χ4v) is 3.01. The van der Waals surface area contributed by atoms with Gasteiger partial charge in [-0.2, -0.15) is 11.8 Å². The molecule has 3 heterocycles. The Morgan fingerprint density at radius 1 is 1.50 bits per heavy atom. The first kappa shape index (κ1) is 11.3. The van der Waals surface area contributed by atoms with Gasteiger partial charge in [0.05, 0.1) is 17.5 Å². The average molecular weight is 260 g/mol. The zero-order valence-corrected chi connectivity index (χ0v) is 10.7. The van der Waals surface area contributed by atoms with Crippen molar-refractivity contribution >= 4 is 23.4 Å². The maximum Gasteiger partial charge on any atom is 0.255 e. The largest absolute Gasteiger partial charge is 0.465 e. The predicted molar refractivity (Wildman–Crippen MR) is 72.3 cm³/mol. The molecule has 2 aromatic heterocycles. The number of fused-ring (bicyclic) bond motifs is 1. The van der Waals surface area contributed by atoms with Crippen molar-refractivity contribution in [3.63, 3.8) is 0 Å². The number of aromatic amines is 1. The third-order valence-electron chi connectivity index (χ3n) is 2.80. The number of rotatable bonds is 1. The van der Waals surface area contributed by atoms with Crippen LogP contribution in [-0.2, 0) is 5.75 Å². The van der Waals surface area contributed by atoms with Crippen LogP contribution in [0.1, 0.15) is 22.8 Å². The normalized spacial score (nSPS) is 16.8. The molecule has 0 unspecified atom stereocenters. The number of thioether (sulfide) groups is 1. The second-order valence-electron chi connectivity index (χ2n) is 4.16. The molecule has 1 aliphatic heterocycles. The molecule has 0 amide bonds. The Morgan fingerprint density at radius 2 is 2.39 bits per heavy atom. The van der Waals surface area contributed by atoms with Crippen molar-refractivity contribution in [3.05, 3.63) is 51.6 Å². The van der Waals surface area contributed by atoms with Gasteiger partial charge in [0.25, 0.3) is 5.56 Å². The fraction of sp³-hybridized carbons (Fsp3) is 0.231. The Kier molecular flexibility index (Phi) is 2.83. The SMILES string of the molecule is Cc1nc2c(c(=O)[nH]1)CSCC2=Cc1ccco1.